The number of hydrogen-bond acceptors (Lipinski definition) is 7. The van der Waals surface area contributed by atoms with Gasteiger partial charge in [-0.15, -0.1) is 0 Å². The number of aryl methyl sites for hydroxylation is 2. The molecule has 0 radical (unpaired) electrons. The average Bonchev–Trinajstić information content (AvgIpc) is 3.04. The Labute approximate surface area is 162 Å². The molecule has 1 aromatic heterocycles. The van der Waals surface area contributed by atoms with Crippen LogP contribution in [0.3, 0.4) is 0 Å². The van der Waals surface area contributed by atoms with Crippen molar-refractivity contribution in [1.29, 1.82) is 0 Å². The van der Waals surface area contributed by atoms with Crippen LogP contribution in [0.1, 0.15) is 17.2 Å². The van der Waals surface area contributed by atoms with E-state index in [-0.39, 0.29) is 17.6 Å². The van der Waals surface area contributed by atoms with Crippen molar-refractivity contribution in [2.24, 2.45) is 18.1 Å². The predicted octanol–water partition coefficient (Wildman–Crippen LogP) is 1.60. The molecule has 3 rings (SSSR count). The van der Waals surface area contributed by atoms with E-state index < -0.39 is 0 Å². The van der Waals surface area contributed by atoms with E-state index in [0.29, 0.717) is 12.4 Å². The number of hydrogen-bond donors (Lipinski definition) is 0. The summed E-state index contributed by atoms with van der Waals surface area (Å²) in [5.41, 5.74) is 1.58. The second-order valence-corrected chi connectivity index (χ2v) is 6.34. The molecule has 9 heteroatoms. The normalized spacial score (nSPS) is 18.9. The zero-order valence-corrected chi connectivity index (χ0v) is 16.3. The molecule has 0 saturated heterocycles. The fraction of sp³-hybridized carbons (Fsp3) is 0.368. The van der Waals surface area contributed by atoms with Gasteiger partial charge in [0.25, 0.3) is 0 Å². The van der Waals surface area contributed by atoms with E-state index in [4.69, 9.17) is 14.3 Å². The number of rotatable bonds is 7. The minimum atomic E-state index is -0.352. The van der Waals surface area contributed by atoms with Crippen molar-refractivity contribution in [3.63, 3.8) is 0 Å². The molecule has 0 saturated carbocycles. The number of aromatic nitrogens is 4. The lowest BCUT2D eigenvalue weighted by Gasteiger charge is -2.28. The van der Waals surface area contributed by atoms with Crippen LogP contribution in [-0.4, -0.2) is 46.8 Å². The molecular formula is C19H23N5O4. The highest BCUT2D eigenvalue weighted by Gasteiger charge is 2.31. The van der Waals surface area contributed by atoms with Crippen molar-refractivity contribution in [2.75, 3.05) is 20.8 Å². The number of oxime groups is 1. The number of nitrogens with zero attached hydrogens (tertiary/aromatic N) is 5. The summed E-state index contributed by atoms with van der Waals surface area (Å²) in [4.78, 5) is 17.0. The van der Waals surface area contributed by atoms with E-state index in [0.717, 1.165) is 16.9 Å². The molecule has 1 aliphatic carbocycles. The van der Waals surface area contributed by atoms with Gasteiger partial charge in [-0.05, 0) is 52.8 Å². The van der Waals surface area contributed by atoms with Crippen LogP contribution >= 0.6 is 0 Å². The lowest BCUT2D eigenvalue weighted by Crippen LogP contribution is -2.35. The van der Waals surface area contributed by atoms with Gasteiger partial charge in [0.15, 0.2) is 0 Å². The highest BCUT2D eigenvalue weighted by Crippen LogP contribution is 2.31. The quantitative estimate of drug-likeness (QED) is 0.531. The van der Waals surface area contributed by atoms with Crippen molar-refractivity contribution in [2.45, 2.75) is 13.0 Å². The first-order valence-corrected chi connectivity index (χ1v) is 8.76. The predicted molar refractivity (Wildman–Crippen MR) is 103 cm³/mol. The van der Waals surface area contributed by atoms with Gasteiger partial charge in [0.05, 0.1) is 25.3 Å². The van der Waals surface area contributed by atoms with E-state index in [9.17, 15) is 4.79 Å². The molecule has 0 aliphatic heterocycles. The van der Waals surface area contributed by atoms with Crippen molar-refractivity contribution in [1.82, 2.24) is 19.8 Å². The minimum Gasteiger partial charge on any atom is -0.501 e. The van der Waals surface area contributed by atoms with E-state index in [2.05, 4.69) is 15.6 Å². The number of tetrazole rings is 1. The highest BCUT2D eigenvalue weighted by atomic mass is 16.6. The largest absolute Gasteiger partial charge is 0.501 e. The Balaban J connectivity index is 1.81. The van der Waals surface area contributed by atoms with Gasteiger partial charge in [-0.1, -0.05) is 17.3 Å². The molecule has 0 spiro atoms. The Morgan fingerprint density at radius 3 is 2.75 bits per heavy atom. The molecule has 1 heterocycles. The van der Waals surface area contributed by atoms with E-state index in [1.54, 1.807) is 20.4 Å². The summed E-state index contributed by atoms with van der Waals surface area (Å²) < 4.78 is 14.1. The summed E-state index contributed by atoms with van der Waals surface area (Å²) in [5, 5.41) is 11.5. The van der Waals surface area contributed by atoms with Crippen LogP contribution in [0.15, 0.2) is 52.1 Å². The summed E-state index contributed by atoms with van der Waals surface area (Å²) in [5.74, 6) is 1.23. The molecule has 2 unspecified atom stereocenters. The first-order valence-electron chi connectivity index (χ1n) is 8.76. The Hall–Kier alpha value is -3.36. The summed E-state index contributed by atoms with van der Waals surface area (Å²) in [6, 6.07) is 5.37. The fourth-order valence-corrected chi connectivity index (χ4v) is 3.07. The SMILES string of the molecule is CO/N=C\c1ccc(OCC2C(OC)=CC=CC2n2nnn(C)c2=O)c(C)c1. The van der Waals surface area contributed by atoms with E-state index in [1.807, 2.05) is 43.4 Å². The third kappa shape index (κ3) is 3.98. The van der Waals surface area contributed by atoms with Crippen molar-refractivity contribution in [3.05, 3.63) is 63.8 Å². The van der Waals surface area contributed by atoms with Gasteiger partial charge in [-0.2, -0.15) is 9.36 Å². The molecule has 0 bridgehead atoms. The fourth-order valence-electron chi connectivity index (χ4n) is 3.07. The van der Waals surface area contributed by atoms with Crippen LogP contribution in [0.2, 0.25) is 0 Å². The van der Waals surface area contributed by atoms with Crippen molar-refractivity contribution >= 4 is 6.21 Å². The molecule has 1 aromatic carbocycles. The van der Waals surface area contributed by atoms with Gasteiger partial charge < -0.3 is 14.3 Å². The second kappa shape index (κ2) is 8.55. The molecule has 0 amide bonds. The minimum absolute atomic E-state index is 0.224. The summed E-state index contributed by atoms with van der Waals surface area (Å²) in [7, 11) is 4.66. The maximum atomic E-state index is 12.3. The molecule has 2 atom stereocenters. The van der Waals surface area contributed by atoms with Gasteiger partial charge >= 0.3 is 5.69 Å². The Bertz CT molecular complexity index is 973. The molecule has 0 N–H and O–H groups in total. The Kier molecular flexibility index (Phi) is 5.93. The van der Waals surface area contributed by atoms with Crippen LogP contribution in [0.4, 0.5) is 0 Å². The smallest absolute Gasteiger partial charge is 0.363 e. The first kappa shape index (κ1) is 19.4. The number of benzene rings is 1. The molecular weight excluding hydrogens is 362 g/mol. The van der Waals surface area contributed by atoms with Gasteiger partial charge in [0, 0.05) is 7.05 Å². The third-order valence-corrected chi connectivity index (χ3v) is 4.53. The highest BCUT2D eigenvalue weighted by molar-refractivity contribution is 5.79. The molecule has 9 nitrogen and oxygen atoms in total. The Morgan fingerprint density at radius 2 is 2.11 bits per heavy atom. The molecule has 0 fully saturated rings. The van der Waals surface area contributed by atoms with E-state index in [1.165, 1.54) is 16.5 Å². The maximum Gasteiger partial charge on any atom is 0.363 e. The first-order chi connectivity index (χ1) is 13.5. The Morgan fingerprint density at radius 1 is 1.29 bits per heavy atom. The van der Waals surface area contributed by atoms with Gasteiger partial charge in [0.1, 0.15) is 25.2 Å². The lowest BCUT2D eigenvalue weighted by atomic mass is 9.94. The second-order valence-electron chi connectivity index (χ2n) is 6.34. The lowest BCUT2D eigenvalue weighted by molar-refractivity contribution is 0.154. The summed E-state index contributed by atoms with van der Waals surface area (Å²) in [6.45, 7) is 2.27. The van der Waals surface area contributed by atoms with Crippen LogP contribution in [-0.2, 0) is 16.6 Å². The monoisotopic (exact) mass is 385 g/mol. The number of allylic oxidation sites excluding steroid dienone is 3. The summed E-state index contributed by atoms with van der Waals surface area (Å²) >= 11 is 0. The van der Waals surface area contributed by atoms with E-state index >= 15 is 0 Å². The van der Waals surface area contributed by atoms with Crippen molar-refractivity contribution in [3.8, 4) is 5.75 Å². The molecule has 148 valence electrons. The van der Waals surface area contributed by atoms with Gasteiger partial charge in [0.2, 0.25) is 0 Å². The summed E-state index contributed by atoms with van der Waals surface area (Å²) in [6.07, 6.45) is 7.23. The zero-order chi connectivity index (χ0) is 20.1. The van der Waals surface area contributed by atoms with Crippen LogP contribution < -0.4 is 10.4 Å². The zero-order valence-electron chi connectivity index (χ0n) is 16.3. The van der Waals surface area contributed by atoms with Crippen molar-refractivity contribution < 1.29 is 14.3 Å². The molecule has 28 heavy (non-hydrogen) atoms. The third-order valence-electron chi connectivity index (χ3n) is 4.53. The van der Waals surface area contributed by atoms with Gasteiger partial charge in [-0.3, -0.25) is 0 Å². The van der Waals surface area contributed by atoms with Crippen LogP contribution in [0.25, 0.3) is 0 Å². The average molecular weight is 385 g/mol. The number of ether oxygens (including phenoxy) is 2. The molecule has 1 aliphatic rings. The molecule has 2 aromatic rings. The maximum absolute atomic E-state index is 12.3. The standard InChI is InChI=1S/C19H23N5O4/c1-13-10-14(11-20-27-4)8-9-17(13)28-12-15-16(6-5-7-18(15)26-3)24-19(25)23(2)21-22-24/h5-11,15-16H,12H2,1-4H3/b20-11-. The van der Waals surface area contributed by atoms with Crippen LogP contribution in [0.5, 0.6) is 5.75 Å². The van der Waals surface area contributed by atoms with Crippen LogP contribution in [0, 0.1) is 12.8 Å². The number of methoxy groups -OCH3 is 1. The van der Waals surface area contributed by atoms with Gasteiger partial charge in [-0.25, -0.2) is 4.79 Å². The topological polar surface area (TPSA) is 92.8 Å².